The molecule has 1 N–H and O–H groups in total. The summed E-state index contributed by atoms with van der Waals surface area (Å²) < 4.78 is 18.5. The van der Waals surface area contributed by atoms with E-state index in [4.69, 9.17) is 4.74 Å². The lowest BCUT2D eigenvalue weighted by molar-refractivity contribution is -0.119. The molecule has 1 aliphatic rings. The van der Waals surface area contributed by atoms with Gasteiger partial charge in [0, 0.05) is 24.0 Å². The topological polar surface area (TPSA) is 41.6 Å². The fourth-order valence-corrected chi connectivity index (χ4v) is 4.09. The van der Waals surface area contributed by atoms with E-state index >= 15 is 0 Å². The van der Waals surface area contributed by atoms with Crippen molar-refractivity contribution >= 4 is 17.7 Å². The minimum atomic E-state index is -0.270. The number of hydrogen-bond donors (Lipinski definition) is 1. The summed E-state index contributed by atoms with van der Waals surface area (Å²) in [4.78, 5) is 15.7. The quantitative estimate of drug-likeness (QED) is 0.737. The van der Waals surface area contributed by atoms with E-state index in [0.29, 0.717) is 19.0 Å². The Hall–Kier alpha value is -1.89. The molecule has 3 rings (SSSR count). The maximum atomic E-state index is 13.0. The minimum Gasteiger partial charge on any atom is -0.379 e. The van der Waals surface area contributed by atoms with Crippen LogP contribution in [0, 0.1) is 5.82 Å². The number of carbonyl (C=O) groups excluding carboxylic acids is 1. The van der Waals surface area contributed by atoms with Crippen LogP contribution in [-0.2, 0) is 9.53 Å². The normalized spacial score (nSPS) is 17.3. The molecule has 1 fully saturated rings. The van der Waals surface area contributed by atoms with Gasteiger partial charge < -0.3 is 10.1 Å². The average Bonchev–Trinajstić information content (AvgIpc) is 2.69. The summed E-state index contributed by atoms with van der Waals surface area (Å²) in [5, 5.41) is 3.14. The number of nitrogens with zero attached hydrogens (tertiary/aromatic N) is 1. The van der Waals surface area contributed by atoms with Gasteiger partial charge in [-0.05, 0) is 36.8 Å². The van der Waals surface area contributed by atoms with E-state index in [9.17, 15) is 9.18 Å². The van der Waals surface area contributed by atoms with Crippen LogP contribution < -0.4 is 5.32 Å². The lowest BCUT2D eigenvalue weighted by Crippen LogP contribution is -2.48. The molecular formula is C21H25FN2O2S. The highest BCUT2D eigenvalue weighted by atomic mass is 32.2. The van der Waals surface area contributed by atoms with Crippen LogP contribution in [0.5, 0.6) is 0 Å². The number of halogens is 1. The molecule has 1 saturated heterocycles. The molecule has 144 valence electrons. The summed E-state index contributed by atoms with van der Waals surface area (Å²) in [6, 6.07) is 16.5. The van der Waals surface area contributed by atoms with Crippen molar-refractivity contribution in [3.8, 4) is 0 Å². The molecule has 0 saturated carbocycles. The Labute approximate surface area is 164 Å². The van der Waals surface area contributed by atoms with Crippen LogP contribution in [0.3, 0.4) is 0 Å². The summed E-state index contributed by atoms with van der Waals surface area (Å²) in [6.07, 6.45) is 0. The molecule has 0 spiro atoms. The third-order valence-corrected chi connectivity index (χ3v) is 5.64. The predicted octanol–water partition coefficient (Wildman–Crippen LogP) is 3.50. The van der Waals surface area contributed by atoms with Crippen molar-refractivity contribution in [3.63, 3.8) is 0 Å². The predicted molar refractivity (Wildman–Crippen MR) is 106 cm³/mol. The Bertz CT molecular complexity index is 721. The summed E-state index contributed by atoms with van der Waals surface area (Å²) in [5.74, 6) is 0.0142. The summed E-state index contributed by atoms with van der Waals surface area (Å²) in [5.41, 5.74) is 1.19. The van der Waals surface area contributed by atoms with Crippen molar-refractivity contribution in [2.45, 2.75) is 23.9 Å². The van der Waals surface area contributed by atoms with Gasteiger partial charge in [-0.3, -0.25) is 9.69 Å². The van der Waals surface area contributed by atoms with Gasteiger partial charge in [0.1, 0.15) is 5.82 Å². The average molecular weight is 389 g/mol. The highest BCUT2D eigenvalue weighted by Crippen LogP contribution is 2.26. The number of rotatable bonds is 7. The Morgan fingerprint density at radius 2 is 1.81 bits per heavy atom. The molecule has 0 bridgehead atoms. The van der Waals surface area contributed by atoms with Gasteiger partial charge in [-0.1, -0.05) is 30.3 Å². The van der Waals surface area contributed by atoms with Crippen LogP contribution in [0.4, 0.5) is 4.39 Å². The molecule has 2 atom stereocenters. The molecule has 6 heteroatoms. The number of carbonyl (C=O) groups is 1. The monoisotopic (exact) mass is 388 g/mol. The molecule has 2 aromatic carbocycles. The first-order chi connectivity index (χ1) is 13.1. The second-order valence-electron chi connectivity index (χ2n) is 6.60. The Morgan fingerprint density at radius 3 is 2.48 bits per heavy atom. The van der Waals surface area contributed by atoms with Gasteiger partial charge in [-0.15, -0.1) is 11.8 Å². The van der Waals surface area contributed by atoms with Gasteiger partial charge in [-0.25, -0.2) is 4.39 Å². The van der Waals surface area contributed by atoms with Crippen LogP contribution >= 0.6 is 11.8 Å². The molecule has 4 nitrogen and oxygen atoms in total. The third-order valence-electron chi connectivity index (χ3n) is 4.63. The fraction of sp³-hybridized carbons (Fsp3) is 0.381. The maximum Gasteiger partial charge on any atom is 0.230 e. The second-order valence-corrected chi connectivity index (χ2v) is 7.65. The van der Waals surface area contributed by atoms with Crippen LogP contribution in [0.15, 0.2) is 59.5 Å². The summed E-state index contributed by atoms with van der Waals surface area (Å²) in [6.45, 7) is 5.18. The SMILES string of the molecule is C[C@@H](NC(=O)CSc1ccc(F)cc1)[C@@H](c1ccccc1)N1CCOCC1. The number of morpholine rings is 1. The largest absolute Gasteiger partial charge is 0.379 e. The van der Waals surface area contributed by atoms with Crippen molar-refractivity contribution in [3.05, 3.63) is 66.0 Å². The molecule has 0 aromatic heterocycles. The van der Waals surface area contributed by atoms with E-state index in [-0.39, 0.29) is 23.8 Å². The summed E-state index contributed by atoms with van der Waals surface area (Å²) in [7, 11) is 0. The number of ether oxygens (including phenoxy) is 1. The van der Waals surface area contributed by atoms with Crippen LogP contribution in [0.1, 0.15) is 18.5 Å². The lowest BCUT2D eigenvalue weighted by atomic mass is 9.98. The standard InChI is InChI=1S/C21H25FN2O2S/c1-16(23-20(25)15-27-19-9-7-18(22)8-10-19)21(17-5-3-2-4-6-17)24-11-13-26-14-12-24/h2-10,16,21H,11-15H2,1H3,(H,23,25)/t16-,21+/m1/s1. The van der Waals surface area contributed by atoms with Gasteiger partial charge in [0.25, 0.3) is 0 Å². The number of amides is 1. The molecule has 1 aliphatic heterocycles. The molecule has 1 amide bonds. The van der Waals surface area contributed by atoms with E-state index in [1.54, 1.807) is 12.1 Å². The Balaban J connectivity index is 1.61. The number of benzene rings is 2. The zero-order chi connectivity index (χ0) is 19.1. The first-order valence-electron chi connectivity index (χ1n) is 9.18. The van der Waals surface area contributed by atoms with E-state index in [0.717, 1.165) is 18.0 Å². The number of hydrogen-bond acceptors (Lipinski definition) is 4. The Morgan fingerprint density at radius 1 is 1.15 bits per heavy atom. The molecule has 0 aliphatic carbocycles. The lowest BCUT2D eigenvalue weighted by Gasteiger charge is -2.38. The van der Waals surface area contributed by atoms with Crippen molar-refractivity contribution in [2.75, 3.05) is 32.1 Å². The maximum absolute atomic E-state index is 13.0. The van der Waals surface area contributed by atoms with Gasteiger partial charge in [-0.2, -0.15) is 0 Å². The van der Waals surface area contributed by atoms with E-state index in [1.807, 2.05) is 25.1 Å². The molecule has 0 radical (unpaired) electrons. The van der Waals surface area contributed by atoms with Gasteiger partial charge >= 0.3 is 0 Å². The smallest absolute Gasteiger partial charge is 0.230 e. The molecule has 2 aromatic rings. The molecule has 1 heterocycles. The van der Waals surface area contributed by atoms with E-state index in [2.05, 4.69) is 22.3 Å². The molecule has 27 heavy (non-hydrogen) atoms. The van der Waals surface area contributed by atoms with Crippen LogP contribution in [0.2, 0.25) is 0 Å². The second kappa shape index (κ2) is 9.88. The van der Waals surface area contributed by atoms with Crippen molar-refractivity contribution in [1.29, 1.82) is 0 Å². The van der Waals surface area contributed by atoms with Gasteiger partial charge in [0.05, 0.1) is 25.0 Å². The van der Waals surface area contributed by atoms with Gasteiger partial charge in [0.15, 0.2) is 0 Å². The van der Waals surface area contributed by atoms with Crippen molar-refractivity contribution < 1.29 is 13.9 Å². The first-order valence-corrected chi connectivity index (χ1v) is 10.2. The fourth-order valence-electron chi connectivity index (χ4n) is 3.38. The molecular weight excluding hydrogens is 363 g/mol. The molecule has 0 unspecified atom stereocenters. The van der Waals surface area contributed by atoms with Crippen molar-refractivity contribution in [2.24, 2.45) is 0 Å². The third kappa shape index (κ3) is 5.79. The number of thioether (sulfide) groups is 1. The summed E-state index contributed by atoms with van der Waals surface area (Å²) >= 11 is 1.41. The highest BCUT2D eigenvalue weighted by molar-refractivity contribution is 8.00. The highest BCUT2D eigenvalue weighted by Gasteiger charge is 2.28. The van der Waals surface area contributed by atoms with Crippen LogP contribution in [-0.4, -0.2) is 48.9 Å². The first kappa shape index (κ1) is 19.9. The zero-order valence-corrected chi connectivity index (χ0v) is 16.3. The van der Waals surface area contributed by atoms with Crippen molar-refractivity contribution in [1.82, 2.24) is 10.2 Å². The van der Waals surface area contributed by atoms with E-state index < -0.39 is 0 Å². The minimum absolute atomic E-state index is 0.0222. The Kier molecular flexibility index (Phi) is 7.26. The van der Waals surface area contributed by atoms with E-state index in [1.165, 1.54) is 29.5 Å². The van der Waals surface area contributed by atoms with Gasteiger partial charge in [0.2, 0.25) is 5.91 Å². The van der Waals surface area contributed by atoms with Crippen LogP contribution in [0.25, 0.3) is 0 Å². The number of nitrogens with one attached hydrogen (secondary N) is 1. The zero-order valence-electron chi connectivity index (χ0n) is 15.4.